The van der Waals surface area contributed by atoms with Crippen molar-refractivity contribution in [2.24, 2.45) is 0 Å². The summed E-state index contributed by atoms with van der Waals surface area (Å²) in [7, 11) is 1.29. The fourth-order valence-electron chi connectivity index (χ4n) is 1.80. The summed E-state index contributed by atoms with van der Waals surface area (Å²) in [5.41, 5.74) is 0.750. The van der Waals surface area contributed by atoms with Crippen LogP contribution in [0.15, 0.2) is 41.8 Å². The Morgan fingerprint density at radius 1 is 1.30 bits per heavy atom. The van der Waals surface area contributed by atoms with Gasteiger partial charge in [-0.05, 0) is 35.5 Å². The fourth-order valence-corrected chi connectivity index (χ4v) is 2.65. The van der Waals surface area contributed by atoms with Gasteiger partial charge in [-0.3, -0.25) is 14.5 Å². The Morgan fingerprint density at radius 2 is 2.00 bits per heavy atom. The van der Waals surface area contributed by atoms with Gasteiger partial charge in [0.05, 0.1) is 12.0 Å². The van der Waals surface area contributed by atoms with Crippen LogP contribution in [0, 0.1) is 0 Å². The molecule has 1 aromatic carbocycles. The van der Waals surface area contributed by atoms with Gasteiger partial charge in [0, 0.05) is 6.54 Å². The van der Waals surface area contributed by atoms with Crippen LogP contribution in [0.2, 0.25) is 0 Å². The molecule has 0 aliphatic carbocycles. The van der Waals surface area contributed by atoms with E-state index in [1.165, 1.54) is 13.2 Å². The Morgan fingerprint density at radius 3 is 2.61 bits per heavy atom. The second-order valence-electron chi connectivity index (χ2n) is 4.51. The van der Waals surface area contributed by atoms with Crippen LogP contribution >= 0.6 is 11.8 Å². The van der Waals surface area contributed by atoms with Crippen LogP contribution in [0.5, 0.6) is 5.75 Å². The monoisotopic (exact) mass is 333 g/mol. The van der Waals surface area contributed by atoms with Crippen molar-refractivity contribution in [2.75, 3.05) is 20.3 Å². The minimum absolute atomic E-state index is 0.170. The number of amides is 2. The third kappa shape index (κ3) is 4.23. The van der Waals surface area contributed by atoms with Crippen LogP contribution in [-0.2, 0) is 14.3 Å². The molecule has 6 nitrogen and oxygen atoms in total. The number of benzene rings is 1. The van der Waals surface area contributed by atoms with E-state index in [9.17, 15) is 14.4 Å². The predicted molar refractivity (Wildman–Crippen MR) is 86.8 cm³/mol. The molecule has 120 valence electrons. The number of carbonyl (C=O) groups excluding carboxylic acids is 3. The Hall–Kier alpha value is -2.54. The van der Waals surface area contributed by atoms with Gasteiger partial charge >= 0.3 is 5.97 Å². The summed E-state index contributed by atoms with van der Waals surface area (Å²) >= 11 is 0.896. The molecular formula is C16H15NO5S. The highest BCUT2D eigenvalue weighted by Gasteiger charge is 2.33. The normalized spacial score (nSPS) is 15.9. The lowest BCUT2D eigenvalue weighted by Gasteiger charge is -2.07. The molecule has 2 amide bonds. The van der Waals surface area contributed by atoms with Gasteiger partial charge in [-0.25, -0.2) is 4.79 Å². The summed E-state index contributed by atoms with van der Waals surface area (Å²) in [6.07, 6.45) is 3.14. The molecule has 1 fully saturated rings. The number of carbonyl (C=O) groups is 3. The standard InChI is InChI=1S/C16H15NO5S/c1-3-8-17-15(19)13(23-16(17)20)9-11-4-6-12(7-5-11)22-10-14(18)21-2/h3-7,9H,1,8,10H2,2H3/b13-9-. The molecule has 1 saturated heterocycles. The summed E-state index contributed by atoms with van der Waals surface area (Å²) in [5, 5.41) is -0.306. The smallest absolute Gasteiger partial charge is 0.343 e. The number of hydrogen-bond acceptors (Lipinski definition) is 6. The minimum atomic E-state index is -0.468. The maximum atomic E-state index is 12.1. The first-order chi connectivity index (χ1) is 11.0. The summed E-state index contributed by atoms with van der Waals surface area (Å²) in [6, 6.07) is 6.80. The SMILES string of the molecule is C=CCN1C(=O)S/C(=C\c2ccc(OCC(=O)OC)cc2)C1=O. The molecule has 1 aromatic rings. The minimum Gasteiger partial charge on any atom is -0.482 e. The van der Waals surface area contributed by atoms with Crippen LogP contribution in [0.3, 0.4) is 0 Å². The molecule has 1 heterocycles. The number of nitrogens with zero attached hydrogens (tertiary/aromatic N) is 1. The van der Waals surface area contributed by atoms with Gasteiger partial charge in [0.1, 0.15) is 5.75 Å². The zero-order valence-corrected chi connectivity index (χ0v) is 13.3. The lowest BCUT2D eigenvalue weighted by molar-refractivity contribution is -0.142. The zero-order valence-electron chi connectivity index (χ0n) is 12.5. The van der Waals surface area contributed by atoms with Crippen molar-refractivity contribution in [1.29, 1.82) is 0 Å². The zero-order chi connectivity index (χ0) is 16.8. The van der Waals surface area contributed by atoms with Gasteiger partial charge in [0.15, 0.2) is 6.61 Å². The number of ether oxygens (including phenoxy) is 2. The highest BCUT2D eigenvalue weighted by molar-refractivity contribution is 8.18. The number of imide groups is 1. The average Bonchev–Trinajstić information content (AvgIpc) is 2.82. The number of rotatable bonds is 6. The molecule has 0 unspecified atom stereocenters. The molecular weight excluding hydrogens is 318 g/mol. The molecule has 7 heteroatoms. The van der Waals surface area contributed by atoms with E-state index < -0.39 is 5.97 Å². The van der Waals surface area contributed by atoms with Gasteiger partial charge in [-0.2, -0.15) is 0 Å². The number of esters is 1. The highest BCUT2D eigenvalue weighted by atomic mass is 32.2. The molecule has 1 aliphatic heterocycles. The Balaban J connectivity index is 2.05. The largest absolute Gasteiger partial charge is 0.482 e. The molecule has 23 heavy (non-hydrogen) atoms. The van der Waals surface area contributed by atoms with Crippen molar-refractivity contribution >= 4 is 35.0 Å². The van der Waals surface area contributed by atoms with Crippen molar-refractivity contribution < 1.29 is 23.9 Å². The molecule has 0 aromatic heterocycles. The Labute approximate surface area is 137 Å². The van der Waals surface area contributed by atoms with Crippen molar-refractivity contribution in [2.45, 2.75) is 0 Å². The number of thioether (sulfide) groups is 1. The highest BCUT2D eigenvalue weighted by Crippen LogP contribution is 2.32. The molecule has 0 atom stereocenters. The lowest BCUT2D eigenvalue weighted by Crippen LogP contribution is -2.27. The molecule has 1 aliphatic rings. The first kappa shape index (κ1) is 16.8. The van der Waals surface area contributed by atoms with Crippen LogP contribution in [0.1, 0.15) is 5.56 Å². The van der Waals surface area contributed by atoms with E-state index in [0.717, 1.165) is 22.2 Å². The van der Waals surface area contributed by atoms with Gasteiger partial charge < -0.3 is 9.47 Å². The van der Waals surface area contributed by atoms with Gasteiger partial charge in [0.2, 0.25) is 0 Å². The van der Waals surface area contributed by atoms with Crippen LogP contribution in [-0.4, -0.2) is 42.3 Å². The van der Waals surface area contributed by atoms with Crippen molar-refractivity contribution in [3.05, 3.63) is 47.4 Å². The maximum Gasteiger partial charge on any atom is 0.343 e. The second kappa shape index (κ2) is 7.64. The third-order valence-corrected chi connectivity index (χ3v) is 3.85. The first-order valence-corrected chi connectivity index (χ1v) is 7.52. The lowest BCUT2D eigenvalue weighted by atomic mass is 10.2. The van der Waals surface area contributed by atoms with Crippen LogP contribution < -0.4 is 4.74 Å². The molecule has 0 spiro atoms. The first-order valence-electron chi connectivity index (χ1n) is 6.71. The van der Waals surface area contributed by atoms with Crippen molar-refractivity contribution in [1.82, 2.24) is 4.90 Å². The Kier molecular flexibility index (Phi) is 5.59. The molecule has 0 saturated carbocycles. The molecule has 0 bridgehead atoms. The average molecular weight is 333 g/mol. The van der Waals surface area contributed by atoms with E-state index in [1.54, 1.807) is 30.3 Å². The Bertz CT molecular complexity index is 666. The topological polar surface area (TPSA) is 72.9 Å². The molecule has 0 radical (unpaired) electrons. The summed E-state index contributed by atoms with van der Waals surface area (Å²) in [4.78, 5) is 36.3. The van der Waals surface area contributed by atoms with Crippen molar-refractivity contribution in [3.8, 4) is 5.75 Å². The quantitative estimate of drug-likeness (QED) is 0.452. The van der Waals surface area contributed by atoms with E-state index in [1.807, 2.05) is 0 Å². The van der Waals surface area contributed by atoms with E-state index in [2.05, 4.69) is 11.3 Å². The number of hydrogen-bond donors (Lipinski definition) is 0. The number of methoxy groups -OCH3 is 1. The molecule has 2 rings (SSSR count). The van der Waals surface area contributed by atoms with Crippen LogP contribution in [0.25, 0.3) is 6.08 Å². The fraction of sp³-hybridized carbons (Fsp3) is 0.188. The van der Waals surface area contributed by atoms with E-state index in [-0.39, 0.29) is 24.3 Å². The van der Waals surface area contributed by atoms with E-state index in [0.29, 0.717) is 10.7 Å². The second-order valence-corrected chi connectivity index (χ2v) is 5.51. The summed E-state index contributed by atoms with van der Waals surface area (Å²) < 4.78 is 9.71. The molecule has 0 N–H and O–H groups in total. The van der Waals surface area contributed by atoms with Gasteiger partial charge in [0.25, 0.3) is 11.1 Å². The predicted octanol–water partition coefficient (Wildman–Crippen LogP) is 2.46. The van der Waals surface area contributed by atoms with Crippen molar-refractivity contribution in [3.63, 3.8) is 0 Å². The van der Waals surface area contributed by atoms with Gasteiger partial charge in [-0.15, -0.1) is 6.58 Å². The summed E-state index contributed by atoms with van der Waals surface area (Å²) in [6.45, 7) is 3.55. The van der Waals surface area contributed by atoms with Gasteiger partial charge in [-0.1, -0.05) is 18.2 Å². The van der Waals surface area contributed by atoms with E-state index in [4.69, 9.17) is 4.74 Å². The summed E-state index contributed by atoms with van der Waals surface area (Å²) in [5.74, 6) is -0.289. The van der Waals surface area contributed by atoms with Crippen LogP contribution in [0.4, 0.5) is 4.79 Å². The maximum absolute atomic E-state index is 12.1. The third-order valence-electron chi connectivity index (χ3n) is 2.95. The van der Waals surface area contributed by atoms with E-state index >= 15 is 0 Å².